The van der Waals surface area contributed by atoms with E-state index in [-0.39, 0.29) is 34.3 Å². The van der Waals surface area contributed by atoms with Crippen molar-refractivity contribution in [3.63, 3.8) is 0 Å². The number of sulfonamides is 1. The summed E-state index contributed by atoms with van der Waals surface area (Å²) in [6.07, 6.45) is 6.48. The molecule has 0 spiro atoms. The third-order valence-electron chi connectivity index (χ3n) is 14.0. The van der Waals surface area contributed by atoms with Gasteiger partial charge in [-0.1, -0.05) is 67.1 Å². The molecule has 406 valence electrons. The third kappa shape index (κ3) is 13.4. The number of pyridine rings is 1. The number of amides is 2. The van der Waals surface area contributed by atoms with Crippen LogP contribution in [0.1, 0.15) is 76.2 Å². The zero-order chi connectivity index (χ0) is 54.1. The maximum absolute atomic E-state index is 14.2. The minimum atomic E-state index is -6.13. The summed E-state index contributed by atoms with van der Waals surface area (Å²) in [5, 5.41) is 4.19. The molecule has 2 amide bonds. The summed E-state index contributed by atoms with van der Waals surface area (Å²) in [6, 6.07) is 17.8. The SMILES string of the molecule is CC(C)C(=O)N=[SH]1(O)CCN(CC[C@H](C)Nc2ccc(S(=O)(=O)NC(=O)c3ccc(N4CCN(CC5=C(c6ccc(Cl)cc6)CC(C)(C)CC5)CC4)cc3Oc3cnc4[nH]ccc4c3)cc2S(=O)(=O)C(F)(F)F)CC1. The molecule has 1 aliphatic carbocycles. The van der Waals surface area contributed by atoms with Gasteiger partial charge in [0.05, 0.1) is 22.3 Å². The Labute approximate surface area is 442 Å². The molecular weight excluding hydrogens is 1050 g/mol. The summed E-state index contributed by atoms with van der Waals surface area (Å²) in [5.41, 5.74) is -1.14. The smallest absolute Gasteiger partial charge is 0.455 e. The molecule has 0 unspecified atom stereocenters. The number of fused-ring (bicyclic) bond motifs is 1. The van der Waals surface area contributed by atoms with Gasteiger partial charge < -0.3 is 29.4 Å². The Balaban J connectivity index is 0.992. The van der Waals surface area contributed by atoms with Crippen LogP contribution in [0, 0.1) is 11.3 Å². The van der Waals surface area contributed by atoms with E-state index in [1.165, 1.54) is 29.0 Å². The van der Waals surface area contributed by atoms with Gasteiger partial charge in [-0.3, -0.25) is 14.5 Å². The number of allylic oxidation sites excluding steroid dienone is 1. The number of halogens is 4. The zero-order valence-corrected chi connectivity index (χ0v) is 45.7. The largest absolute Gasteiger partial charge is 0.501 e. The Bertz CT molecular complexity index is 3260. The van der Waals surface area contributed by atoms with Crippen molar-refractivity contribution in [3.05, 3.63) is 107 Å². The number of carbonyl (C=O) groups excluding carboxylic acids is 2. The molecule has 2 aromatic heterocycles. The van der Waals surface area contributed by atoms with E-state index in [2.05, 4.69) is 55.4 Å². The Morgan fingerprint density at radius 1 is 0.933 bits per heavy atom. The van der Waals surface area contributed by atoms with Crippen molar-refractivity contribution in [1.82, 2.24) is 24.5 Å². The quantitative estimate of drug-likeness (QED) is 0.0585. The fourth-order valence-corrected chi connectivity index (χ4v) is 13.9. The van der Waals surface area contributed by atoms with Crippen molar-refractivity contribution in [2.45, 2.75) is 81.6 Å². The van der Waals surface area contributed by atoms with Crippen LogP contribution in [0.15, 0.2) is 105 Å². The molecule has 1 atom stereocenters. The standard InChI is InChI=1S/C52H64ClF3N8O8S3/c1-34(2)49(65)60-73(67)26-24-62(25-27-73)19-16-35(3)59-45-13-11-42(30-47(45)74(68,69)52(54,55)56)75(70,71)61-50(66)43-12-10-40(29-46(43)72-41-28-37-15-18-57-48(37)58-32-41)64-22-20-63(21-23-64)33-38-14-17-51(4,5)31-44(38)36-6-8-39(53)9-7-36/h6-13,15,18,28-30,32,34-35,59,73H,14,16-17,19-27,31,33H2,1-5H3,(H,57,58)(H,61,66)(H,60,65,67)/t35-/m0/s1. The minimum absolute atomic E-state index is 0.0334. The van der Waals surface area contributed by atoms with Crippen LogP contribution in [-0.2, 0) is 34.8 Å². The number of aromatic amines is 1. The maximum Gasteiger partial charge on any atom is 0.501 e. The van der Waals surface area contributed by atoms with Crippen molar-refractivity contribution in [2.75, 3.05) is 74.1 Å². The van der Waals surface area contributed by atoms with Crippen LogP contribution in [0.25, 0.3) is 16.6 Å². The van der Waals surface area contributed by atoms with Crippen LogP contribution in [0.2, 0.25) is 5.02 Å². The molecule has 4 N–H and O–H groups in total. The highest BCUT2D eigenvalue weighted by Crippen LogP contribution is 2.44. The maximum atomic E-state index is 14.2. The second-order valence-corrected chi connectivity index (χ2v) is 27.6. The van der Waals surface area contributed by atoms with Crippen molar-refractivity contribution >= 4 is 81.4 Å². The zero-order valence-electron chi connectivity index (χ0n) is 42.5. The predicted molar refractivity (Wildman–Crippen MR) is 289 cm³/mol. The number of nitrogens with one attached hydrogen (secondary N) is 3. The topological polar surface area (TPSA) is 207 Å². The van der Waals surface area contributed by atoms with Gasteiger partial charge >= 0.3 is 5.51 Å². The number of nitrogens with zero attached hydrogens (tertiary/aromatic N) is 5. The van der Waals surface area contributed by atoms with E-state index in [0.717, 1.165) is 51.0 Å². The van der Waals surface area contributed by atoms with E-state index in [9.17, 15) is 44.1 Å². The van der Waals surface area contributed by atoms with E-state index in [1.54, 1.807) is 51.2 Å². The number of thiol groups is 1. The van der Waals surface area contributed by atoms with Crippen LogP contribution >= 0.6 is 11.6 Å². The van der Waals surface area contributed by atoms with E-state index in [0.29, 0.717) is 78.5 Å². The molecule has 5 aromatic rings. The number of H-pyrrole nitrogens is 1. The van der Waals surface area contributed by atoms with E-state index in [1.807, 2.05) is 21.8 Å². The first-order valence-corrected chi connectivity index (χ1v) is 30.3. The molecule has 3 aliphatic rings. The predicted octanol–water partition coefficient (Wildman–Crippen LogP) is 9.44. The number of sulfone groups is 1. The summed E-state index contributed by atoms with van der Waals surface area (Å²) < 4.78 is 120. The first-order chi connectivity index (χ1) is 35.3. The van der Waals surface area contributed by atoms with Gasteiger partial charge in [0.1, 0.15) is 22.0 Å². The summed E-state index contributed by atoms with van der Waals surface area (Å²) in [6.45, 7) is 14.4. The van der Waals surface area contributed by atoms with Gasteiger partial charge in [-0.25, -0.2) is 26.5 Å². The second-order valence-electron chi connectivity index (χ2n) is 20.7. The molecule has 2 fully saturated rings. The Morgan fingerprint density at radius 3 is 2.32 bits per heavy atom. The number of hydrogen-bond donors (Lipinski definition) is 5. The lowest BCUT2D eigenvalue weighted by Crippen LogP contribution is -2.47. The average Bonchev–Trinajstić information content (AvgIpc) is 3.82. The monoisotopic (exact) mass is 1120 g/mol. The lowest BCUT2D eigenvalue weighted by atomic mass is 9.72. The fraction of sp³-hybridized carbons (Fsp3) is 0.442. The molecule has 0 bridgehead atoms. The van der Waals surface area contributed by atoms with Gasteiger partial charge in [0.2, 0.25) is 0 Å². The summed E-state index contributed by atoms with van der Waals surface area (Å²) in [7, 11) is -14.0. The Morgan fingerprint density at radius 2 is 1.64 bits per heavy atom. The highest BCUT2D eigenvalue weighted by molar-refractivity contribution is 8.00. The van der Waals surface area contributed by atoms with Gasteiger partial charge in [-0.05, 0) is 104 Å². The molecule has 4 heterocycles. The van der Waals surface area contributed by atoms with Crippen molar-refractivity contribution in [1.29, 1.82) is 0 Å². The molecule has 0 radical (unpaired) electrons. The molecule has 3 aromatic carbocycles. The van der Waals surface area contributed by atoms with Gasteiger partial charge in [0.15, 0.2) is 0 Å². The average molecular weight is 1120 g/mol. The second kappa shape index (κ2) is 22.3. The van der Waals surface area contributed by atoms with Gasteiger partial charge in [0.25, 0.3) is 31.7 Å². The van der Waals surface area contributed by atoms with Crippen LogP contribution in [-0.4, -0.2) is 128 Å². The van der Waals surface area contributed by atoms with E-state index < -0.39 is 62.9 Å². The van der Waals surface area contributed by atoms with Crippen LogP contribution in [0.3, 0.4) is 0 Å². The number of ether oxygens (including phenoxy) is 1. The molecule has 2 saturated heterocycles. The molecule has 23 heteroatoms. The fourth-order valence-electron chi connectivity index (χ4n) is 9.52. The molecule has 8 rings (SSSR count). The number of benzene rings is 3. The Kier molecular flexibility index (Phi) is 16.6. The number of rotatable bonds is 16. The number of piperazine rings is 1. The number of aromatic nitrogens is 2. The lowest BCUT2D eigenvalue weighted by molar-refractivity contribution is -0.120. The number of hydrogen-bond acceptors (Lipinski definition) is 12. The highest BCUT2D eigenvalue weighted by atomic mass is 35.5. The Hall–Kier alpha value is -5.36. The van der Waals surface area contributed by atoms with Gasteiger partial charge in [-0.15, -0.1) is 0 Å². The van der Waals surface area contributed by atoms with Crippen LogP contribution in [0.4, 0.5) is 24.5 Å². The summed E-state index contributed by atoms with van der Waals surface area (Å²) in [4.78, 5) is 38.0. The third-order valence-corrected chi connectivity index (χ3v) is 19.5. The number of alkyl halides is 3. The van der Waals surface area contributed by atoms with E-state index >= 15 is 0 Å². The molecule has 2 aliphatic heterocycles. The van der Waals surface area contributed by atoms with Crippen molar-refractivity contribution in [2.24, 2.45) is 15.7 Å². The highest BCUT2D eigenvalue weighted by Gasteiger charge is 2.48. The van der Waals surface area contributed by atoms with Gasteiger partial charge in [0, 0.05) is 104 Å². The normalized spacial score (nSPS) is 18.7. The van der Waals surface area contributed by atoms with Crippen LogP contribution < -0.4 is 19.7 Å². The van der Waals surface area contributed by atoms with Crippen molar-refractivity contribution < 1.29 is 48.9 Å². The summed E-state index contributed by atoms with van der Waals surface area (Å²) in [5.74, 6) is -1.08. The molecule has 16 nitrogen and oxygen atoms in total. The first kappa shape index (κ1) is 55.9. The number of carbonyl (C=O) groups is 2. The summed E-state index contributed by atoms with van der Waals surface area (Å²) >= 11 is 6.24. The minimum Gasteiger partial charge on any atom is -0.455 e. The molecule has 75 heavy (non-hydrogen) atoms. The van der Waals surface area contributed by atoms with E-state index in [4.69, 9.17) is 16.3 Å². The first-order valence-electron chi connectivity index (χ1n) is 24.9. The number of anilines is 2. The molecule has 0 saturated carbocycles. The lowest BCUT2D eigenvalue weighted by Gasteiger charge is -2.39. The van der Waals surface area contributed by atoms with Crippen LogP contribution in [0.5, 0.6) is 11.5 Å². The van der Waals surface area contributed by atoms with Crippen molar-refractivity contribution in [3.8, 4) is 11.5 Å². The van der Waals surface area contributed by atoms with Gasteiger partial charge in [-0.2, -0.15) is 17.5 Å². The molecular formula is C52H64ClF3N8O8S3.